The number of thiocarbonyl (C=S) groups is 1. The first kappa shape index (κ1) is 22.7. The average molecular weight is 485 g/mol. The van der Waals surface area contributed by atoms with Crippen LogP contribution in [0.3, 0.4) is 0 Å². The Labute approximate surface area is 208 Å². The van der Waals surface area contributed by atoms with Gasteiger partial charge in [0.05, 0.1) is 42.0 Å². The third-order valence-electron chi connectivity index (χ3n) is 5.97. The van der Waals surface area contributed by atoms with Gasteiger partial charge in [0.2, 0.25) is 0 Å². The van der Waals surface area contributed by atoms with Crippen molar-refractivity contribution in [1.82, 2.24) is 19.6 Å². The van der Waals surface area contributed by atoms with Crippen LogP contribution in [0.4, 0.5) is 15.8 Å². The van der Waals surface area contributed by atoms with E-state index in [4.69, 9.17) is 12.2 Å². The number of aryl methyl sites for hydroxylation is 1. The first-order valence-corrected chi connectivity index (χ1v) is 11.7. The molecule has 2 aromatic heterocycles. The normalized spacial score (nSPS) is 11.1. The van der Waals surface area contributed by atoms with Crippen molar-refractivity contribution in [3.8, 4) is 0 Å². The lowest BCUT2D eigenvalue weighted by atomic mass is 10.0. The minimum absolute atomic E-state index is 0.249. The smallest absolute Gasteiger partial charge is 0.175 e. The summed E-state index contributed by atoms with van der Waals surface area (Å²) in [5.41, 5.74) is 5.62. The van der Waals surface area contributed by atoms with Gasteiger partial charge in [-0.1, -0.05) is 54.6 Å². The van der Waals surface area contributed by atoms with Crippen LogP contribution in [0.1, 0.15) is 22.5 Å². The molecule has 0 saturated carbocycles. The van der Waals surface area contributed by atoms with Crippen molar-refractivity contribution in [2.75, 3.05) is 10.6 Å². The van der Waals surface area contributed by atoms with E-state index in [1.165, 1.54) is 28.5 Å². The third-order valence-corrected chi connectivity index (χ3v) is 6.17. The van der Waals surface area contributed by atoms with Gasteiger partial charge in [0, 0.05) is 6.20 Å². The molecule has 0 aliphatic carbocycles. The van der Waals surface area contributed by atoms with E-state index >= 15 is 0 Å². The van der Waals surface area contributed by atoms with Gasteiger partial charge >= 0.3 is 0 Å². The molecule has 2 N–H and O–H groups in total. The van der Waals surface area contributed by atoms with E-state index in [1.54, 1.807) is 18.3 Å². The summed E-state index contributed by atoms with van der Waals surface area (Å²) < 4.78 is 17.0. The van der Waals surface area contributed by atoms with Crippen molar-refractivity contribution in [1.29, 1.82) is 0 Å². The standard InChI is InChI=1S/C27H25FN6S/c1-18-26(19(2)34(32-18)15-20-10-12-23(28)13-11-20)31-27(35)30-24-14-29-33(17-24)16-22-8-5-7-21-6-3-4-9-25(21)22/h3-14,17H,15-16H2,1-2H3,(H2,30,31,35). The number of halogens is 1. The summed E-state index contributed by atoms with van der Waals surface area (Å²) in [6.07, 6.45) is 3.70. The van der Waals surface area contributed by atoms with Gasteiger partial charge in [0.15, 0.2) is 5.11 Å². The molecule has 0 saturated heterocycles. The fraction of sp³-hybridized carbons (Fsp3) is 0.148. The summed E-state index contributed by atoms with van der Waals surface area (Å²) in [4.78, 5) is 0. The van der Waals surface area contributed by atoms with Gasteiger partial charge in [-0.3, -0.25) is 9.36 Å². The first-order chi connectivity index (χ1) is 17.0. The van der Waals surface area contributed by atoms with Crippen molar-refractivity contribution in [2.45, 2.75) is 26.9 Å². The molecule has 6 nitrogen and oxygen atoms in total. The quantitative estimate of drug-likeness (QED) is 0.294. The molecule has 3 aromatic carbocycles. The van der Waals surface area contributed by atoms with Crippen LogP contribution < -0.4 is 10.6 Å². The van der Waals surface area contributed by atoms with Gasteiger partial charge < -0.3 is 10.6 Å². The Morgan fingerprint density at radius 3 is 2.54 bits per heavy atom. The number of nitrogens with zero attached hydrogens (tertiary/aromatic N) is 4. The Bertz CT molecular complexity index is 1500. The summed E-state index contributed by atoms with van der Waals surface area (Å²) in [5.74, 6) is -0.249. The molecule has 35 heavy (non-hydrogen) atoms. The topological polar surface area (TPSA) is 59.7 Å². The molecule has 5 rings (SSSR count). The van der Waals surface area contributed by atoms with Crippen molar-refractivity contribution in [3.05, 3.63) is 107 Å². The van der Waals surface area contributed by atoms with Gasteiger partial charge in [0.25, 0.3) is 0 Å². The fourth-order valence-corrected chi connectivity index (χ4v) is 4.41. The highest BCUT2D eigenvalue weighted by Gasteiger charge is 2.14. The molecule has 0 fully saturated rings. The molecule has 0 radical (unpaired) electrons. The lowest BCUT2D eigenvalue weighted by Gasteiger charge is -2.10. The van der Waals surface area contributed by atoms with Crippen molar-refractivity contribution < 1.29 is 4.39 Å². The van der Waals surface area contributed by atoms with Crippen LogP contribution in [0, 0.1) is 19.7 Å². The number of rotatable bonds is 6. The Hall–Kier alpha value is -4.04. The monoisotopic (exact) mass is 484 g/mol. The molecular formula is C27H25FN6S. The van der Waals surface area contributed by atoms with E-state index in [2.05, 4.69) is 57.2 Å². The summed E-state index contributed by atoms with van der Waals surface area (Å²) in [7, 11) is 0. The Kier molecular flexibility index (Phi) is 6.29. The molecule has 0 bridgehead atoms. The van der Waals surface area contributed by atoms with Gasteiger partial charge in [-0.2, -0.15) is 10.2 Å². The number of hydrogen-bond donors (Lipinski definition) is 2. The molecule has 0 aliphatic heterocycles. The SMILES string of the molecule is Cc1nn(Cc2ccc(F)cc2)c(C)c1NC(=S)Nc1cnn(Cc2cccc3ccccc23)c1. The maximum absolute atomic E-state index is 13.2. The highest BCUT2D eigenvalue weighted by molar-refractivity contribution is 7.80. The number of fused-ring (bicyclic) bond motifs is 1. The van der Waals surface area contributed by atoms with E-state index in [-0.39, 0.29) is 5.82 Å². The van der Waals surface area contributed by atoms with Crippen LogP contribution >= 0.6 is 12.2 Å². The largest absolute Gasteiger partial charge is 0.330 e. The fourth-order valence-electron chi connectivity index (χ4n) is 4.19. The van der Waals surface area contributed by atoms with Crippen LogP contribution in [0.25, 0.3) is 10.8 Å². The molecular weight excluding hydrogens is 459 g/mol. The molecule has 5 aromatic rings. The second kappa shape index (κ2) is 9.68. The molecule has 8 heteroatoms. The maximum atomic E-state index is 13.2. The van der Waals surface area contributed by atoms with Crippen LogP contribution in [-0.2, 0) is 13.1 Å². The second-order valence-corrected chi connectivity index (χ2v) is 8.88. The average Bonchev–Trinajstić information content (AvgIpc) is 3.39. The lowest BCUT2D eigenvalue weighted by Crippen LogP contribution is -2.19. The van der Waals surface area contributed by atoms with Crippen LogP contribution in [0.15, 0.2) is 79.1 Å². The van der Waals surface area contributed by atoms with Crippen molar-refractivity contribution in [3.63, 3.8) is 0 Å². The Balaban J connectivity index is 1.25. The summed E-state index contributed by atoms with van der Waals surface area (Å²) in [6.45, 7) is 5.13. The second-order valence-electron chi connectivity index (χ2n) is 8.47. The van der Waals surface area contributed by atoms with Crippen molar-refractivity contribution in [2.24, 2.45) is 0 Å². The molecule has 0 spiro atoms. The minimum atomic E-state index is -0.249. The highest BCUT2D eigenvalue weighted by atomic mass is 32.1. The number of nitrogens with one attached hydrogen (secondary N) is 2. The predicted octanol–water partition coefficient (Wildman–Crippen LogP) is 5.89. The van der Waals surface area contributed by atoms with E-state index in [1.807, 2.05) is 35.5 Å². The van der Waals surface area contributed by atoms with Crippen molar-refractivity contribution >= 4 is 39.5 Å². The zero-order valence-corrected chi connectivity index (χ0v) is 20.3. The van der Waals surface area contributed by atoms with Gasteiger partial charge in [-0.05, 0) is 60.1 Å². The van der Waals surface area contributed by atoms with Crippen LogP contribution in [0.2, 0.25) is 0 Å². The molecule has 0 atom stereocenters. The lowest BCUT2D eigenvalue weighted by molar-refractivity contribution is 0.622. The van der Waals surface area contributed by atoms with E-state index in [9.17, 15) is 4.39 Å². The number of aromatic nitrogens is 4. The first-order valence-electron chi connectivity index (χ1n) is 11.3. The minimum Gasteiger partial charge on any atom is -0.330 e. The van der Waals surface area contributed by atoms with E-state index in [0.29, 0.717) is 18.2 Å². The molecule has 176 valence electrons. The van der Waals surface area contributed by atoms with E-state index in [0.717, 1.165) is 28.3 Å². The summed E-state index contributed by atoms with van der Waals surface area (Å²) in [6, 6.07) is 21.1. The number of hydrogen-bond acceptors (Lipinski definition) is 3. The highest BCUT2D eigenvalue weighted by Crippen LogP contribution is 2.22. The van der Waals surface area contributed by atoms with Gasteiger partial charge in [0.1, 0.15) is 5.82 Å². The number of benzene rings is 3. The van der Waals surface area contributed by atoms with Crippen LogP contribution in [-0.4, -0.2) is 24.7 Å². The molecule has 2 heterocycles. The van der Waals surface area contributed by atoms with Gasteiger partial charge in [-0.15, -0.1) is 0 Å². The maximum Gasteiger partial charge on any atom is 0.175 e. The molecule has 0 aliphatic rings. The molecule has 0 amide bonds. The number of anilines is 2. The summed E-state index contributed by atoms with van der Waals surface area (Å²) in [5, 5.41) is 18.5. The molecule has 0 unspecified atom stereocenters. The Morgan fingerprint density at radius 2 is 1.71 bits per heavy atom. The predicted molar refractivity (Wildman–Crippen MR) is 142 cm³/mol. The third kappa shape index (κ3) is 5.07. The zero-order valence-electron chi connectivity index (χ0n) is 19.5. The van der Waals surface area contributed by atoms with Gasteiger partial charge in [-0.25, -0.2) is 4.39 Å². The zero-order chi connectivity index (χ0) is 24.4. The summed E-state index contributed by atoms with van der Waals surface area (Å²) >= 11 is 5.55. The van der Waals surface area contributed by atoms with E-state index < -0.39 is 0 Å². The Morgan fingerprint density at radius 1 is 0.943 bits per heavy atom. The van der Waals surface area contributed by atoms with Crippen LogP contribution in [0.5, 0.6) is 0 Å².